The SMILES string of the molecule is CSCc1cnc(-c2ccc3ccccc3c2)n1-c1ccnc(N)n1. The van der Waals surface area contributed by atoms with E-state index < -0.39 is 0 Å². The summed E-state index contributed by atoms with van der Waals surface area (Å²) in [6, 6.07) is 16.5. The monoisotopic (exact) mass is 347 g/mol. The van der Waals surface area contributed by atoms with Crippen molar-refractivity contribution in [2.45, 2.75) is 5.75 Å². The first-order chi connectivity index (χ1) is 12.3. The van der Waals surface area contributed by atoms with Crippen molar-refractivity contribution in [2.24, 2.45) is 0 Å². The van der Waals surface area contributed by atoms with Crippen LogP contribution in [0.25, 0.3) is 28.0 Å². The van der Waals surface area contributed by atoms with Crippen LogP contribution in [-0.4, -0.2) is 25.8 Å². The summed E-state index contributed by atoms with van der Waals surface area (Å²) >= 11 is 1.74. The maximum atomic E-state index is 5.79. The van der Waals surface area contributed by atoms with Crippen LogP contribution in [-0.2, 0) is 5.75 Å². The van der Waals surface area contributed by atoms with E-state index in [-0.39, 0.29) is 5.95 Å². The fourth-order valence-corrected chi connectivity index (χ4v) is 3.41. The average molecular weight is 347 g/mol. The van der Waals surface area contributed by atoms with Gasteiger partial charge in [-0.1, -0.05) is 36.4 Å². The topological polar surface area (TPSA) is 69.6 Å². The van der Waals surface area contributed by atoms with Crippen LogP contribution >= 0.6 is 11.8 Å². The number of fused-ring (bicyclic) bond motifs is 1. The molecule has 0 aliphatic carbocycles. The molecule has 2 aromatic heterocycles. The first kappa shape index (κ1) is 15.7. The van der Waals surface area contributed by atoms with Crippen molar-refractivity contribution < 1.29 is 0 Å². The molecule has 5 nitrogen and oxygen atoms in total. The maximum absolute atomic E-state index is 5.79. The first-order valence-corrected chi connectivity index (χ1v) is 9.29. The second-order valence-electron chi connectivity index (χ2n) is 5.68. The number of hydrogen-bond donors (Lipinski definition) is 1. The number of nitrogens with two attached hydrogens (primary N) is 1. The molecule has 0 spiro atoms. The van der Waals surface area contributed by atoms with E-state index in [1.165, 1.54) is 10.8 Å². The Labute approximate surface area is 149 Å². The fourth-order valence-electron chi connectivity index (χ4n) is 2.91. The number of benzene rings is 2. The molecule has 2 heterocycles. The van der Waals surface area contributed by atoms with E-state index >= 15 is 0 Å². The van der Waals surface area contributed by atoms with E-state index in [1.807, 2.05) is 24.4 Å². The van der Waals surface area contributed by atoms with Gasteiger partial charge in [0.05, 0.1) is 11.9 Å². The Balaban J connectivity index is 1.91. The van der Waals surface area contributed by atoms with Gasteiger partial charge in [-0.25, -0.2) is 9.97 Å². The minimum atomic E-state index is 0.255. The van der Waals surface area contributed by atoms with Gasteiger partial charge in [0.15, 0.2) is 0 Å². The van der Waals surface area contributed by atoms with Crippen LogP contribution in [0.3, 0.4) is 0 Å². The summed E-state index contributed by atoms with van der Waals surface area (Å²) in [5, 5.41) is 2.39. The third-order valence-corrected chi connectivity index (χ3v) is 4.61. The van der Waals surface area contributed by atoms with E-state index in [0.717, 1.165) is 28.7 Å². The van der Waals surface area contributed by atoms with Crippen LogP contribution in [0.15, 0.2) is 60.9 Å². The van der Waals surface area contributed by atoms with Crippen molar-refractivity contribution in [1.82, 2.24) is 19.5 Å². The Morgan fingerprint density at radius 3 is 2.68 bits per heavy atom. The second-order valence-corrected chi connectivity index (χ2v) is 6.54. The molecule has 6 heteroatoms. The lowest BCUT2D eigenvalue weighted by Crippen LogP contribution is -2.06. The molecule has 124 valence electrons. The summed E-state index contributed by atoms with van der Waals surface area (Å²) in [6.45, 7) is 0. The van der Waals surface area contributed by atoms with Gasteiger partial charge >= 0.3 is 0 Å². The zero-order valence-electron chi connectivity index (χ0n) is 13.8. The molecule has 4 rings (SSSR count). The van der Waals surface area contributed by atoms with Crippen molar-refractivity contribution in [3.05, 3.63) is 66.6 Å². The molecule has 25 heavy (non-hydrogen) atoms. The maximum Gasteiger partial charge on any atom is 0.221 e. The van der Waals surface area contributed by atoms with Gasteiger partial charge in [0.25, 0.3) is 0 Å². The highest BCUT2D eigenvalue weighted by molar-refractivity contribution is 7.97. The normalized spacial score (nSPS) is 11.1. The average Bonchev–Trinajstić information content (AvgIpc) is 3.05. The van der Waals surface area contributed by atoms with Crippen molar-refractivity contribution in [2.75, 3.05) is 12.0 Å². The predicted octanol–water partition coefficient (Wildman–Crippen LogP) is 3.93. The van der Waals surface area contributed by atoms with Crippen LogP contribution < -0.4 is 5.73 Å². The van der Waals surface area contributed by atoms with E-state index in [0.29, 0.717) is 0 Å². The van der Waals surface area contributed by atoms with Gasteiger partial charge in [0.1, 0.15) is 11.6 Å². The van der Waals surface area contributed by atoms with Crippen molar-refractivity contribution >= 4 is 28.5 Å². The van der Waals surface area contributed by atoms with Gasteiger partial charge in [0.2, 0.25) is 5.95 Å². The molecule has 2 aromatic carbocycles. The van der Waals surface area contributed by atoms with Crippen LogP contribution in [0.4, 0.5) is 5.95 Å². The Bertz CT molecular complexity index is 1040. The predicted molar refractivity (Wildman–Crippen MR) is 104 cm³/mol. The van der Waals surface area contributed by atoms with Gasteiger partial charge < -0.3 is 5.73 Å². The minimum absolute atomic E-state index is 0.255. The van der Waals surface area contributed by atoms with Gasteiger partial charge in [-0.05, 0) is 29.2 Å². The Morgan fingerprint density at radius 2 is 1.88 bits per heavy atom. The number of thioether (sulfide) groups is 1. The number of imidazole rings is 1. The highest BCUT2D eigenvalue weighted by Gasteiger charge is 2.15. The number of nitrogen functional groups attached to an aromatic ring is 1. The smallest absolute Gasteiger partial charge is 0.221 e. The number of hydrogen-bond acceptors (Lipinski definition) is 5. The summed E-state index contributed by atoms with van der Waals surface area (Å²) in [5.74, 6) is 2.68. The van der Waals surface area contributed by atoms with E-state index in [9.17, 15) is 0 Å². The highest BCUT2D eigenvalue weighted by atomic mass is 32.2. The fraction of sp³-hybridized carbons (Fsp3) is 0.105. The Morgan fingerprint density at radius 1 is 1.04 bits per heavy atom. The molecule has 2 N–H and O–H groups in total. The number of nitrogens with zero attached hydrogens (tertiary/aromatic N) is 4. The van der Waals surface area contributed by atoms with E-state index in [2.05, 4.69) is 56.1 Å². The molecule has 4 aromatic rings. The minimum Gasteiger partial charge on any atom is -0.368 e. The van der Waals surface area contributed by atoms with Crippen molar-refractivity contribution in [3.8, 4) is 17.2 Å². The van der Waals surface area contributed by atoms with Gasteiger partial charge in [-0.15, -0.1) is 0 Å². The van der Waals surface area contributed by atoms with Crippen LogP contribution in [0.2, 0.25) is 0 Å². The molecule has 0 unspecified atom stereocenters. The van der Waals surface area contributed by atoms with E-state index in [1.54, 1.807) is 18.0 Å². The molecular formula is C19H17N5S. The van der Waals surface area contributed by atoms with Gasteiger partial charge in [-0.2, -0.15) is 16.7 Å². The van der Waals surface area contributed by atoms with Gasteiger partial charge in [0, 0.05) is 17.5 Å². The molecule has 0 saturated carbocycles. The van der Waals surface area contributed by atoms with Crippen LogP contribution in [0.5, 0.6) is 0 Å². The number of rotatable bonds is 4. The molecule has 0 aliphatic heterocycles. The van der Waals surface area contributed by atoms with Crippen LogP contribution in [0.1, 0.15) is 5.69 Å². The molecular weight excluding hydrogens is 330 g/mol. The highest BCUT2D eigenvalue weighted by Crippen LogP contribution is 2.28. The molecule has 0 bridgehead atoms. The van der Waals surface area contributed by atoms with Crippen molar-refractivity contribution in [3.63, 3.8) is 0 Å². The van der Waals surface area contributed by atoms with Gasteiger partial charge in [-0.3, -0.25) is 4.57 Å². The number of anilines is 1. The lowest BCUT2D eigenvalue weighted by atomic mass is 10.1. The Hall–Kier alpha value is -2.86. The quantitative estimate of drug-likeness (QED) is 0.606. The Kier molecular flexibility index (Phi) is 4.11. The third kappa shape index (κ3) is 2.96. The second kappa shape index (κ2) is 6.57. The zero-order chi connectivity index (χ0) is 17.2. The molecule has 0 radical (unpaired) electrons. The van der Waals surface area contributed by atoms with E-state index in [4.69, 9.17) is 5.73 Å². The molecule has 0 atom stereocenters. The molecule has 0 fully saturated rings. The summed E-state index contributed by atoms with van der Waals surface area (Å²) in [7, 11) is 0. The summed E-state index contributed by atoms with van der Waals surface area (Å²) < 4.78 is 2.05. The summed E-state index contributed by atoms with van der Waals surface area (Å²) in [6.07, 6.45) is 5.64. The standard InChI is InChI=1S/C19H17N5S/c1-25-12-16-11-22-18(24(16)17-8-9-21-19(20)23-17)15-7-6-13-4-2-3-5-14(13)10-15/h2-11H,12H2,1H3,(H2,20,21,23). The summed E-state index contributed by atoms with van der Waals surface area (Å²) in [5.41, 5.74) is 7.91. The first-order valence-electron chi connectivity index (χ1n) is 7.90. The third-order valence-electron chi connectivity index (χ3n) is 4.02. The number of aromatic nitrogens is 4. The van der Waals surface area contributed by atoms with Crippen LogP contribution in [0, 0.1) is 0 Å². The largest absolute Gasteiger partial charge is 0.368 e. The molecule has 0 aliphatic rings. The van der Waals surface area contributed by atoms with Crippen molar-refractivity contribution in [1.29, 1.82) is 0 Å². The zero-order valence-corrected chi connectivity index (χ0v) is 14.6. The molecule has 0 saturated heterocycles. The lowest BCUT2D eigenvalue weighted by Gasteiger charge is -2.11. The molecule has 0 amide bonds. The lowest BCUT2D eigenvalue weighted by molar-refractivity contribution is 0.945. The summed E-state index contributed by atoms with van der Waals surface area (Å²) in [4.78, 5) is 13.1.